The van der Waals surface area contributed by atoms with E-state index in [1.165, 1.54) is 4.46 Å². The van der Waals surface area contributed by atoms with E-state index < -0.39 is 0 Å². The Morgan fingerprint density at radius 2 is 2.00 bits per heavy atom. The molecule has 0 bridgehead atoms. The molecule has 0 saturated carbocycles. The minimum absolute atomic E-state index is 0.173. The second-order valence-electron chi connectivity index (χ2n) is 1.90. The number of hydrogen-bond donors (Lipinski definition) is 0. The molecule has 0 fully saturated rings. The van der Waals surface area contributed by atoms with Gasteiger partial charge in [-0.2, -0.15) is 0 Å². The van der Waals surface area contributed by atoms with E-state index in [2.05, 4.69) is 4.82 Å². The maximum absolute atomic E-state index is 5.18. The molecule has 2 heteroatoms. The predicted octanol–water partition coefficient (Wildman–Crippen LogP) is 0.615. The molecule has 0 aliphatic heterocycles. The van der Waals surface area contributed by atoms with Crippen molar-refractivity contribution >= 4 is 19.4 Å². The van der Waals surface area contributed by atoms with Crippen LogP contribution in [-0.4, -0.2) is 22.1 Å². The van der Waals surface area contributed by atoms with Crippen LogP contribution in [0, 0.1) is 11.2 Å². The van der Waals surface area contributed by atoms with Crippen LogP contribution >= 0.6 is 0 Å². The van der Waals surface area contributed by atoms with Crippen molar-refractivity contribution in [1.29, 1.82) is 0 Å². The Bertz CT molecular complexity index is 258. The van der Waals surface area contributed by atoms with Gasteiger partial charge in [-0.1, -0.05) is 0 Å². The first kappa shape index (κ1) is 8.20. The monoisotopic (exact) mass is 212 g/mol. The van der Waals surface area contributed by atoms with Crippen molar-refractivity contribution in [3.63, 3.8) is 0 Å². The van der Waals surface area contributed by atoms with E-state index in [0.717, 1.165) is 5.75 Å². The first-order chi connectivity index (χ1) is 5.36. The average Bonchev–Trinajstić information content (AvgIpc) is 2.07. The van der Waals surface area contributed by atoms with Gasteiger partial charge >= 0.3 is 72.5 Å². The summed E-state index contributed by atoms with van der Waals surface area (Å²) in [7, 11) is 1.65. The van der Waals surface area contributed by atoms with Crippen LogP contribution in [0.1, 0.15) is 0 Å². The summed E-state index contributed by atoms with van der Waals surface area (Å²) < 4.78 is 6.21. The van der Waals surface area contributed by atoms with Crippen molar-refractivity contribution in [3.8, 4) is 17.0 Å². The molecule has 0 aromatic heterocycles. The molecule has 0 aliphatic rings. The number of ether oxygens (including phenoxy) is 1. The minimum atomic E-state index is 0.173. The molecule has 0 N–H and O–H groups in total. The number of methoxy groups -OCH3 is 1. The molecule has 1 aromatic rings. The zero-order chi connectivity index (χ0) is 8.10. The van der Waals surface area contributed by atoms with E-state index in [1.807, 2.05) is 24.3 Å². The van der Waals surface area contributed by atoms with E-state index in [0.29, 0.717) is 0 Å². The Balaban J connectivity index is 2.76. The summed E-state index contributed by atoms with van der Waals surface area (Å²) in [6.07, 6.45) is 5.18. The summed E-state index contributed by atoms with van der Waals surface area (Å²) in [6, 6.07) is 7.85. The van der Waals surface area contributed by atoms with Gasteiger partial charge < -0.3 is 0 Å². The molecule has 0 saturated heterocycles. The molecular formula is C9H8OSe. The zero-order valence-electron chi connectivity index (χ0n) is 6.20. The molecule has 0 aliphatic carbocycles. The van der Waals surface area contributed by atoms with Crippen LogP contribution in [0.2, 0.25) is 0 Å². The average molecular weight is 211 g/mol. The van der Waals surface area contributed by atoms with Gasteiger partial charge in [-0.25, -0.2) is 0 Å². The quantitative estimate of drug-likeness (QED) is 0.514. The van der Waals surface area contributed by atoms with Crippen molar-refractivity contribution in [3.05, 3.63) is 24.3 Å². The third-order valence-corrected chi connectivity index (χ3v) is 2.55. The fourth-order valence-corrected chi connectivity index (χ4v) is 1.57. The van der Waals surface area contributed by atoms with Crippen molar-refractivity contribution in [1.82, 2.24) is 0 Å². The van der Waals surface area contributed by atoms with Gasteiger partial charge in [0.25, 0.3) is 0 Å². The van der Waals surface area contributed by atoms with Crippen molar-refractivity contribution < 1.29 is 4.74 Å². The molecule has 0 amide bonds. The van der Waals surface area contributed by atoms with Crippen LogP contribution in [0.15, 0.2) is 24.3 Å². The van der Waals surface area contributed by atoms with Crippen molar-refractivity contribution in [2.45, 2.75) is 0 Å². The topological polar surface area (TPSA) is 9.23 Å². The van der Waals surface area contributed by atoms with Crippen LogP contribution < -0.4 is 9.20 Å². The first-order valence-corrected chi connectivity index (χ1v) is 4.84. The number of hydrogen-bond acceptors (Lipinski definition) is 1. The van der Waals surface area contributed by atoms with E-state index >= 15 is 0 Å². The number of terminal acetylenes is 1. The Labute approximate surface area is 72.9 Å². The van der Waals surface area contributed by atoms with Crippen LogP contribution in [0.4, 0.5) is 0 Å². The summed E-state index contributed by atoms with van der Waals surface area (Å²) in [5, 5.41) is 0. The second-order valence-corrected chi connectivity index (χ2v) is 3.81. The molecule has 1 rings (SSSR count). The van der Waals surface area contributed by atoms with E-state index in [9.17, 15) is 0 Å². The van der Waals surface area contributed by atoms with Gasteiger partial charge in [-0.3, -0.25) is 0 Å². The van der Waals surface area contributed by atoms with E-state index in [1.54, 1.807) is 7.11 Å². The van der Waals surface area contributed by atoms with Gasteiger partial charge in [0.1, 0.15) is 0 Å². The van der Waals surface area contributed by atoms with E-state index in [-0.39, 0.29) is 15.0 Å². The molecule has 1 aromatic carbocycles. The Hall–Kier alpha value is -0.901. The molecule has 0 unspecified atom stereocenters. The molecule has 1 nitrogen and oxygen atoms in total. The third kappa shape index (κ3) is 2.31. The molecular weight excluding hydrogens is 203 g/mol. The van der Waals surface area contributed by atoms with Gasteiger partial charge in [0.2, 0.25) is 0 Å². The van der Waals surface area contributed by atoms with E-state index in [4.69, 9.17) is 11.2 Å². The summed E-state index contributed by atoms with van der Waals surface area (Å²) in [5.41, 5.74) is 0. The van der Waals surface area contributed by atoms with Gasteiger partial charge in [0.15, 0.2) is 0 Å². The molecule has 56 valence electrons. The zero-order valence-corrected chi connectivity index (χ0v) is 7.92. The van der Waals surface area contributed by atoms with Crippen molar-refractivity contribution in [2.75, 3.05) is 7.11 Å². The Morgan fingerprint density at radius 3 is 2.45 bits per heavy atom. The fraction of sp³-hybridized carbons (Fsp3) is 0.111. The maximum atomic E-state index is 5.18. The SMILES string of the molecule is C#C[Se]c1ccc(OC)cc1. The molecule has 0 atom stereocenters. The summed E-state index contributed by atoms with van der Waals surface area (Å²) in [5.74, 6) is 0.876. The second kappa shape index (κ2) is 4.08. The van der Waals surface area contributed by atoms with Crippen molar-refractivity contribution in [2.24, 2.45) is 0 Å². The molecule has 11 heavy (non-hydrogen) atoms. The van der Waals surface area contributed by atoms with Crippen LogP contribution in [-0.2, 0) is 0 Å². The Kier molecular flexibility index (Phi) is 3.04. The van der Waals surface area contributed by atoms with Gasteiger partial charge in [-0.15, -0.1) is 0 Å². The van der Waals surface area contributed by atoms with Crippen LogP contribution in [0.3, 0.4) is 0 Å². The molecule has 0 spiro atoms. The predicted molar refractivity (Wildman–Crippen MR) is 47.2 cm³/mol. The fourth-order valence-electron chi connectivity index (χ4n) is 0.712. The number of rotatable bonds is 2. The van der Waals surface area contributed by atoms with Gasteiger partial charge in [0.05, 0.1) is 0 Å². The number of benzene rings is 1. The van der Waals surface area contributed by atoms with Gasteiger partial charge in [-0.05, 0) is 0 Å². The molecule has 0 heterocycles. The summed E-state index contributed by atoms with van der Waals surface area (Å²) in [6.45, 7) is 0. The van der Waals surface area contributed by atoms with Crippen LogP contribution in [0.25, 0.3) is 0 Å². The molecule has 0 radical (unpaired) electrons. The Morgan fingerprint density at radius 1 is 1.36 bits per heavy atom. The summed E-state index contributed by atoms with van der Waals surface area (Å²) in [4.78, 5) is 2.64. The normalized spacial score (nSPS) is 8.73. The summed E-state index contributed by atoms with van der Waals surface area (Å²) >= 11 is 0.173. The van der Waals surface area contributed by atoms with Crippen LogP contribution in [0.5, 0.6) is 5.75 Å². The first-order valence-electron chi connectivity index (χ1n) is 3.13. The third-order valence-electron chi connectivity index (χ3n) is 1.24. The standard InChI is InChI=1S/C9H8OSe/c1-3-11-9-6-4-8(10-2)5-7-9/h1,4-7H,2H3. The van der Waals surface area contributed by atoms with Gasteiger partial charge in [0, 0.05) is 0 Å².